The number of hydrogen-bond donors (Lipinski definition) is 0. The standard InChI is InChI=1S/C8H6O4.2K.Na.H2O/c9-7(10)5-3-1-2-4-6(5)8(11)12;;;;/h1-4H,(H,9,10)(H,11,12);;;;1H2/q;3*+1;/p-3. The Morgan fingerprint density at radius 2 is 1.12 bits per heavy atom. The SMILES string of the molecule is O=C([O-])c1ccccc1C(=O)[O-].[K+].[K+].[Na+].[OH-]. The van der Waals surface area contributed by atoms with Crippen molar-refractivity contribution in [3.63, 3.8) is 0 Å². The summed E-state index contributed by atoms with van der Waals surface area (Å²) in [6, 6.07) is 5.14. The van der Waals surface area contributed by atoms with Crippen molar-refractivity contribution in [3.05, 3.63) is 35.4 Å². The van der Waals surface area contributed by atoms with Gasteiger partial charge in [-0.05, 0) is 0 Å². The van der Waals surface area contributed by atoms with Crippen LogP contribution in [0.15, 0.2) is 24.3 Å². The molecule has 16 heavy (non-hydrogen) atoms. The number of carboxylic acid groups (broad SMARTS) is 2. The molecule has 1 rings (SSSR count). The van der Waals surface area contributed by atoms with E-state index in [2.05, 4.69) is 0 Å². The van der Waals surface area contributed by atoms with Gasteiger partial charge in [0, 0.05) is 11.1 Å². The first-order valence-corrected chi connectivity index (χ1v) is 3.14. The fourth-order valence-electron chi connectivity index (χ4n) is 0.839. The van der Waals surface area contributed by atoms with E-state index in [0.717, 1.165) is 12.1 Å². The van der Waals surface area contributed by atoms with Crippen molar-refractivity contribution in [2.24, 2.45) is 0 Å². The normalized spacial score (nSPS) is 7.00. The second kappa shape index (κ2) is 13.8. The molecule has 1 aromatic carbocycles. The zero-order valence-electron chi connectivity index (χ0n) is 9.39. The summed E-state index contributed by atoms with van der Waals surface area (Å²) in [6.07, 6.45) is 0. The van der Waals surface area contributed by atoms with Crippen LogP contribution >= 0.6 is 0 Å². The van der Waals surface area contributed by atoms with E-state index in [1.54, 1.807) is 0 Å². The summed E-state index contributed by atoms with van der Waals surface area (Å²) >= 11 is 0. The molecule has 0 bridgehead atoms. The summed E-state index contributed by atoms with van der Waals surface area (Å²) < 4.78 is 0. The molecule has 0 aliphatic heterocycles. The molecule has 0 fully saturated rings. The maximum atomic E-state index is 10.3. The predicted molar refractivity (Wildman–Crippen MR) is 37.0 cm³/mol. The van der Waals surface area contributed by atoms with Crippen molar-refractivity contribution in [2.45, 2.75) is 0 Å². The first kappa shape index (κ1) is 26.9. The summed E-state index contributed by atoms with van der Waals surface area (Å²) in [6.45, 7) is 0. The number of benzene rings is 1. The van der Waals surface area contributed by atoms with E-state index in [0.29, 0.717) is 0 Å². The van der Waals surface area contributed by atoms with E-state index >= 15 is 0 Å². The van der Waals surface area contributed by atoms with Crippen LogP contribution in [0.2, 0.25) is 0 Å². The quantitative estimate of drug-likeness (QED) is 0.500. The van der Waals surface area contributed by atoms with E-state index in [1.165, 1.54) is 12.1 Å². The minimum Gasteiger partial charge on any atom is -0.870 e. The van der Waals surface area contributed by atoms with E-state index in [1.807, 2.05) is 0 Å². The average molecular weight is 282 g/mol. The van der Waals surface area contributed by atoms with Crippen LogP contribution in [0.25, 0.3) is 0 Å². The van der Waals surface area contributed by atoms with Gasteiger partial charge in [-0.25, -0.2) is 0 Å². The molecule has 0 spiro atoms. The van der Waals surface area contributed by atoms with Crippen molar-refractivity contribution in [3.8, 4) is 0 Å². The van der Waals surface area contributed by atoms with Crippen molar-refractivity contribution in [1.29, 1.82) is 0 Å². The molecule has 0 unspecified atom stereocenters. The van der Waals surface area contributed by atoms with Crippen molar-refractivity contribution >= 4 is 11.9 Å². The number of hydrogen-bond acceptors (Lipinski definition) is 5. The van der Waals surface area contributed by atoms with E-state index < -0.39 is 11.9 Å². The van der Waals surface area contributed by atoms with Gasteiger partial charge in [-0.1, -0.05) is 24.3 Å². The Labute approximate surface area is 200 Å². The molecule has 0 aliphatic rings. The van der Waals surface area contributed by atoms with E-state index in [4.69, 9.17) is 0 Å². The molecule has 0 saturated heterocycles. The Kier molecular flexibility index (Phi) is 23.2. The predicted octanol–water partition coefficient (Wildman–Crippen LogP) is -10.8. The van der Waals surface area contributed by atoms with Gasteiger partial charge in [0.25, 0.3) is 0 Å². The summed E-state index contributed by atoms with van der Waals surface area (Å²) in [5.41, 5.74) is -0.727. The summed E-state index contributed by atoms with van der Waals surface area (Å²) in [5, 5.41) is 20.6. The fourth-order valence-corrected chi connectivity index (χ4v) is 0.839. The van der Waals surface area contributed by atoms with E-state index in [9.17, 15) is 19.8 Å². The molecule has 5 nitrogen and oxygen atoms in total. The Morgan fingerprint density at radius 3 is 1.31 bits per heavy atom. The molecule has 0 saturated carbocycles. The van der Waals surface area contributed by atoms with Gasteiger partial charge in [-0.15, -0.1) is 0 Å². The molecule has 0 atom stereocenters. The molecule has 0 aliphatic carbocycles. The van der Waals surface area contributed by atoms with Gasteiger partial charge >= 0.3 is 132 Å². The Morgan fingerprint density at radius 1 is 0.875 bits per heavy atom. The van der Waals surface area contributed by atoms with Gasteiger partial charge in [0.15, 0.2) is 0 Å². The van der Waals surface area contributed by atoms with Gasteiger partial charge in [-0.2, -0.15) is 0 Å². The number of carbonyl (C=O) groups is 2. The molecule has 70 valence electrons. The number of carboxylic acids is 2. The minimum atomic E-state index is -1.52. The maximum absolute atomic E-state index is 10.3. The zero-order chi connectivity index (χ0) is 9.14. The Bertz CT molecular complexity index is 312. The van der Waals surface area contributed by atoms with Crippen LogP contribution < -0.4 is 143 Å². The van der Waals surface area contributed by atoms with Crippen LogP contribution in [-0.2, 0) is 0 Å². The smallest absolute Gasteiger partial charge is 0.870 e. The molecular formula is C8H5K2NaO5. The third kappa shape index (κ3) is 8.49. The molecule has 0 radical (unpaired) electrons. The van der Waals surface area contributed by atoms with Crippen molar-refractivity contribution < 1.29 is 158 Å². The first-order chi connectivity index (χ1) is 5.63. The molecule has 0 heterocycles. The molecule has 0 aromatic heterocycles. The van der Waals surface area contributed by atoms with Gasteiger partial charge in [0.05, 0.1) is 11.9 Å². The second-order valence-corrected chi connectivity index (χ2v) is 2.12. The van der Waals surface area contributed by atoms with Crippen LogP contribution in [0.5, 0.6) is 0 Å². The van der Waals surface area contributed by atoms with Crippen LogP contribution in [0.3, 0.4) is 0 Å². The van der Waals surface area contributed by atoms with Crippen LogP contribution in [0.4, 0.5) is 0 Å². The Balaban J connectivity index is -0.000000180. The first-order valence-electron chi connectivity index (χ1n) is 3.14. The molecule has 8 heteroatoms. The van der Waals surface area contributed by atoms with Gasteiger partial charge < -0.3 is 25.3 Å². The molecule has 0 amide bonds. The van der Waals surface area contributed by atoms with Crippen LogP contribution in [-0.4, -0.2) is 17.4 Å². The monoisotopic (exact) mass is 282 g/mol. The molecule has 1 N–H and O–H groups in total. The molecular weight excluding hydrogens is 277 g/mol. The number of carbonyl (C=O) groups excluding carboxylic acids is 2. The second-order valence-electron chi connectivity index (χ2n) is 2.12. The number of rotatable bonds is 2. The Hall–Kier alpha value is 2.39. The largest absolute Gasteiger partial charge is 1.00 e. The van der Waals surface area contributed by atoms with Gasteiger partial charge in [0.1, 0.15) is 0 Å². The number of aromatic carboxylic acids is 2. The minimum absolute atomic E-state index is 0. The maximum Gasteiger partial charge on any atom is 1.00 e. The summed E-state index contributed by atoms with van der Waals surface area (Å²) in [7, 11) is 0. The van der Waals surface area contributed by atoms with Gasteiger partial charge in [0.2, 0.25) is 0 Å². The third-order valence-corrected chi connectivity index (χ3v) is 1.37. The van der Waals surface area contributed by atoms with Crippen LogP contribution in [0.1, 0.15) is 20.7 Å². The summed E-state index contributed by atoms with van der Waals surface area (Å²) in [4.78, 5) is 20.6. The molecule has 1 aromatic rings. The summed E-state index contributed by atoms with van der Waals surface area (Å²) in [5.74, 6) is -3.04. The average Bonchev–Trinajstić information content (AvgIpc) is 2.04. The van der Waals surface area contributed by atoms with E-state index in [-0.39, 0.29) is 149 Å². The third-order valence-electron chi connectivity index (χ3n) is 1.37. The zero-order valence-corrected chi connectivity index (χ0v) is 17.6. The van der Waals surface area contributed by atoms with Crippen molar-refractivity contribution in [1.82, 2.24) is 0 Å². The van der Waals surface area contributed by atoms with Crippen molar-refractivity contribution in [2.75, 3.05) is 0 Å². The van der Waals surface area contributed by atoms with Crippen LogP contribution in [0, 0.1) is 0 Å². The van der Waals surface area contributed by atoms with Gasteiger partial charge in [-0.3, -0.25) is 0 Å². The fraction of sp³-hybridized carbons (Fsp3) is 0. The topological polar surface area (TPSA) is 110 Å².